The summed E-state index contributed by atoms with van der Waals surface area (Å²) in [5.41, 5.74) is 2.27. The molecule has 0 bridgehead atoms. The first-order valence-corrected chi connectivity index (χ1v) is 10.3. The molecule has 0 saturated carbocycles. The van der Waals surface area contributed by atoms with E-state index in [0.717, 1.165) is 23.8 Å². The Morgan fingerprint density at radius 1 is 1.42 bits per heavy atom. The zero-order valence-electron chi connectivity index (χ0n) is 14.9. The number of fused-ring (bicyclic) bond motifs is 1. The summed E-state index contributed by atoms with van der Waals surface area (Å²) in [6, 6.07) is 6.97. The van der Waals surface area contributed by atoms with Gasteiger partial charge in [0.05, 0.1) is 12.6 Å². The molecule has 7 nitrogen and oxygen atoms in total. The molecule has 1 aliphatic carbocycles. The molecule has 0 aromatic heterocycles. The Kier molecular flexibility index (Phi) is 6.79. The zero-order chi connectivity index (χ0) is 19.2. The molecule has 0 fully saturated rings. The van der Waals surface area contributed by atoms with E-state index in [1.807, 2.05) is 24.3 Å². The van der Waals surface area contributed by atoms with Crippen LogP contribution < -0.4 is 0 Å². The van der Waals surface area contributed by atoms with E-state index in [-0.39, 0.29) is 17.4 Å². The molecule has 0 heterocycles. The van der Waals surface area contributed by atoms with E-state index in [0.29, 0.717) is 13.0 Å². The molecule has 0 amide bonds. The van der Waals surface area contributed by atoms with Crippen LogP contribution in [0.1, 0.15) is 43.4 Å². The topological polar surface area (TPSA) is 102 Å². The number of nitro groups is 1. The molecule has 2 atom stereocenters. The number of allylic oxidation sites excluding steroid dienone is 1. The molecule has 1 aromatic carbocycles. The maximum absolute atomic E-state index is 11.4. The van der Waals surface area contributed by atoms with Crippen LogP contribution in [0.3, 0.4) is 0 Å². The van der Waals surface area contributed by atoms with E-state index >= 15 is 0 Å². The van der Waals surface area contributed by atoms with Gasteiger partial charge in [-0.15, -0.1) is 0 Å². The van der Waals surface area contributed by atoms with Crippen LogP contribution in [0.15, 0.2) is 51.6 Å². The van der Waals surface area contributed by atoms with Gasteiger partial charge in [0.15, 0.2) is 9.84 Å². The molecule has 0 N–H and O–H groups in total. The Morgan fingerprint density at radius 3 is 2.85 bits per heavy atom. The molecule has 0 aliphatic heterocycles. The fourth-order valence-corrected chi connectivity index (χ4v) is 3.10. The van der Waals surface area contributed by atoms with Gasteiger partial charge in [0.1, 0.15) is 0 Å². The molecule has 26 heavy (non-hydrogen) atoms. The number of azo groups is 1. The van der Waals surface area contributed by atoms with Crippen molar-refractivity contribution in [1.29, 1.82) is 0 Å². The van der Waals surface area contributed by atoms with E-state index in [4.69, 9.17) is 0 Å². The first-order chi connectivity index (χ1) is 12.3. The highest BCUT2D eigenvalue weighted by Crippen LogP contribution is 2.30. The van der Waals surface area contributed by atoms with Gasteiger partial charge in [0.2, 0.25) is 6.04 Å². The Labute approximate surface area is 153 Å². The summed E-state index contributed by atoms with van der Waals surface area (Å²) in [5, 5.41) is 19.7. The Morgan fingerprint density at radius 2 is 2.15 bits per heavy atom. The quantitative estimate of drug-likeness (QED) is 0.296. The molecule has 2 rings (SSSR count). The van der Waals surface area contributed by atoms with Gasteiger partial charge in [-0.3, -0.25) is 10.1 Å². The van der Waals surface area contributed by atoms with Crippen molar-refractivity contribution < 1.29 is 13.3 Å². The average Bonchev–Trinajstić information content (AvgIpc) is 2.59. The second kappa shape index (κ2) is 8.84. The van der Waals surface area contributed by atoms with Crippen LogP contribution in [0, 0.1) is 10.1 Å². The van der Waals surface area contributed by atoms with Crippen LogP contribution in [0.5, 0.6) is 0 Å². The van der Waals surface area contributed by atoms with E-state index < -0.39 is 20.8 Å². The molecule has 2 unspecified atom stereocenters. The van der Waals surface area contributed by atoms with Crippen LogP contribution >= 0.6 is 0 Å². The van der Waals surface area contributed by atoms with Gasteiger partial charge < -0.3 is 0 Å². The summed E-state index contributed by atoms with van der Waals surface area (Å²) in [6.45, 7) is 1.75. The summed E-state index contributed by atoms with van der Waals surface area (Å²) < 4.78 is 22.8. The highest BCUT2D eigenvalue weighted by atomic mass is 32.2. The number of nitrogens with zero attached hydrogens (tertiary/aromatic N) is 3. The van der Waals surface area contributed by atoms with Crippen molar-refractivity contribution in [3.8, 4) is 0 Å². The van der Waals surface area contributed by atoms with Crippen molar-refractivity contribution in [1.82, 2.24) is 0 Å². The van der Waals surface area contributed by atoms with Gasteiger partial charge in [-0.25, -0.2) is 8.42 Å². The molecule has 140 valence electrons. The molecule has 0 spiro atoms. The lowest BCUT2D eigenvalue weighted by Gasteiger charge is -2.16. The number of benzene rings is 1. The molecular weight excluding hydrogens is 354 g/mol. The van der Waals surface area contributed by atoms with Gasteiger partial charge in [-0.1, -0.05) is 36.4 Å². The summed E-state index contributed by atoms with van der Waals surface area (Å²) in [4.78, 5) is 10.7. The molecule has 8 heteroatoms. The SMILES string of the molecule is C/C(=C\C(CCCN=NC1CC=Cc2ccccc21)[N+](=O)[O-])S(C)(=O)=O. The van der Waals surface area contributed by atoms with Crippen molar-refractivity contribution in [3.05, 3.63) is 62.6 Å². The van der Waals surface area contributed by atoms with Crippen LogP contribution in [0.4, 0.5) is 0 Å². The second-order valence-corrected chi connectivity index (χ2v) is 8.50. The molecule has 0 radical (unpaired) electrons. The Bertz CT molecular complexity index is 844. The monoisotopic (exact) mass is 377 g/mol. The third-order valence-electron chi connectivity index (χ3n) is 4.27. The van der Waals surface area contributed by atoms with Gasteiger partial charge in [-0.05, 0) is 30.9 Å². The fraction of sp³-hybridized carbons (Fsp3) is 0.444. The van der Waals surface area contributed by atoms with Crippen molar-refractivity contribution >= 4 is 15.9 Å². The highest BCUT2D eigenvalue weighted by Gasteiger charge is 2.20. The second-order valence-electron chi connectivity index (χ2n) is 6.31. The maximum Gasteiger partial charge on any atom is 0.232 e. The van der Waals surface area contributed by atoms with Crippen molar-refractivity contribution in [2.45, 2.75) is 38.3 Å². The number of sulfone groups is 1. The summed E-state index contributed by atoms with van der Waals surface area (Å²) in [5.74, 6) is 0. The Hall–Kier alpha value is -2.35. The highest BCUT2D eigenvalue weighted by molar-refractivity contribution is 7.94. The predicted molar refractivity (Wildman–Crippen MR) is 101 cm³/mol. The van der Waals surface area contributed by atoms with Crippen molar-refractivity contribution in [3.63, 3.8) is 0 Å². The summed E-state index contributed by atoms with van der Waals surface area (Å²) >= 11 is 0. The van der Waals surface area contributed by atoms with Crippen LogP contribution in [-0.2, 0) is 9.84 Å². The van der Waals surface area contributed by atoms with Gasteiger partial charge >= 0.3 is 0 Å². The molecule has 0 saturated heterocycles. The predicted octanol–water partition coefficient (Wildman–Crippen LogP) is 3.97. The van der Waals surface area contributed by atoms with E-state index in [9.17, 15) is 18.5 Å². The van der Waals surface area contributed by atoms with Crippen molar-refractivity contribution in [2.75, 3.05) is 12.8 Å². The standard InChI is InChI=1S/C18H23N3O4S/c1-14(26(2,24)25)13-16(21(22)23)9-6-12-19-20-18-11-5-8-15-7-3-4-10-17(15)18/h3-5,7-8,10,13,16,18H,6,9,11-12H2,1-2H3/b14-13+,20-19?. The smallest absolute Gasteiger partial charge is 0.232 e. The fourth-order valence-electron chi connectivity index (χ4n) is 2.70. The lowest BCUT2D eigenvalue weighted by molar-refractivity contribution is -0.510. The molecule has 1 aliphatic rings. The first-order valence-electron chi connectivity index (χ1n) is 8.43. The summed E-state index contributed by atoms with van der Waals surface area (Å²) in [7, 11) is -3.40. The third kappa shape index (κ3) is 5.59. The van der Waals surface area contributed by atoms with Crippen LogP contribution in [0.2, 0.25) is 0 Å². The maximum atomic E-state index is 11.4. The lowest BCUT2D eigenvalue weighted by Crippen LogP contribution is -2.18. The Balaban J connectivity index is 1.90. The minimum absolute atomic E-state index is 0.0186. The average molecular weight is 377 g/mol. The number of hydrogen-bond acceptors (Lipinski definition) is 6. The zero-order valence-corrected chi connectivity index (χ0v) is 15.7. The van der Waals surface area contributed by atoms with E-state index in [1.54, 1.807) is 0 Å². The largest absolute Gasteiger partial charge is 0.264 e. The van der Waals surface area contributed by atoms with Gasteiger partial charge in [-0.2, -0.15) is 10.2 Å². The van der Waals surface area contributed by atoms with Gasteiger partial charge in [0, 0.05) is 28.6 Å². The minimum Gasteiger partial charge on any atom is -0.264 e. The molecular formula is C18H23N3O4S. The van der Waals surface area contributed by atoms with E-state index in [2.05, 4.69) is 22.4 Å². The number of rotatable bonds is 8. The third-order valence-corrected chi connectivity index (χ3v) is 5.58. The normalized spacial score (nSPS) is 18.7. The van der Waals surface area contributed by atoms with Crippen molar-refractivity contribution in [2.24, 2.45) is 10.2 Å². The van der Waals surface area contributed by atoms with Crippen LogP contribution in [-0.4, -0.2) is 32.2 Å². The van der Waals surface area contributed by atoms with E-state index in [1.165, 1.54) is 13.0 Å². The minimum atomic E-state index is -3.40. The first kappa shape index (κ1) is 20.0. The summed E-state index contributed by atoms with van der Waals surface area (Å²) in [6.07, 6.45) is 7.85. The molecule has 1 aromatic rings. The van der Waals surface area contributed by atoms with Gasteiger partial charge in [0.25, 0.3) is 0 Å². The lowest BCUT2D eigenvalue weighted by atomic mass is 9.94. The number of hydrogen-bond donors (Lipinski definition) is 0. The van der Waals surface area contributed by atoms with Crippen LogP contribution in [0.25, 0.3) is 6.08 Å².